The van der Waals surface area contributed by atoms with Gasteiger partial charge in [0.05, 0.1) is 6.61 Å². The van der Waals surface area contributed by atoms with Gasteiger partial charge in [-0.3, -0.25) is 0 Å². The molecule has 1 rings (SSSR count). The summed E-state index contributed by atoms with van der Waals surface area (Å²) in [5.41, 5.74) is 1.92. The summed E-state index contributed by atoms with van der Waals surface area (Å²) in [5.74, 6) is 0.313. The van der Waals surface area contributed by atoms with Crippen molar-refractivity contribution >= 4 is 0 Å². The molecule has 2 atom stereocenters. The van der Waals surface area contributed by atoms with E-state index < -0.39 is 0 Å². The Hall–Kier alpha value is -1.06. The summed E-state index contributed by atoms with van der Waals surface area (Å²) in [6.45, 7) is 6.08. The number of hydrogen-bond acceptors (Lipinski definition) is 3. The number of phenols is 1. The van der Waals surface area contributed by atoms with E-state index in [1.807, 2.05) is 32.9 Å². The van der Waals surface area contributed by atoms with Crippen LogP contribution in [0.4, 0.5) is 0 Å². The van der Waals surface area contributed by atoms with Crippen molar-refractivity contribution in [3.8, 4) is 5.75 Å². The monoisotopic (exact) mass is 223 g/mol. The van der Waals surface area contributed by atoms with Gasteiger partial charge < -0.3 is 15.5 Å². The summed E-state index contributed by atoms with van der Waals surface area (Å²) >= 11 is 0. The fourth-order valence-corrected chi connectivity index (χ4v) is 1.76. The van der Waals surface area contributed by atoms with Gasteiger partial charge >= 0.3 is 0 Å². The molecule has 1 aromatic rings. The first kappa shape index (κ1) is 13.0. The van der Waals surface area contributed by atoms with Gasteiger partial charge in [-0.05, 0) is 31.9 Å². The van der Waals surface area contributed by atoms with E-state index in [1.54, 1.807) is 6.07 Å². The molecular formula is C13H21NO2. The second-order valence-corrected chi connectivity index (χ2v) is 4.24. The average molecular weight is 223 g/mol. The summed E-state index contributed by atoms with van der Waals surface area (Å²) in [4.78, 5) is 0. The van der Waals surface area contributed by atoms with Crippen LogP contribution in [0.25, 0.3) is 0 Å². The van der Waals surface area contributed by atoms with Gasteiger partial charge in [0.2, 0.25) is 0 Å². The topological polar surface area (TPSA) is 52.5 Å². The summed E-state index contributed by atoms with van der Waals surface area (Å²) in [5, 5.41) is 22.2. The fraction of sp³-hybridized carbons (Fsp3) is 0.538. The van der Waals surface area contributed by atoms with Gasteiger partial charge in [0.1, 0.15) is 5.75 Å². The first-order chi connectivity index (χ1) is 7.58. The summed E-state index contributed by atoms with van der Waals surface area (Å²) in [6.07, 6.45) is 0.869. The molecule has 0 saturated carbocycles. The van der Waals surface area contributed by atoms with Crippen molar-refractivity contribution < 1.29 is 10.2 Å². The smallest absolute Gasteiger partial charge is 0.120 e. The SMILES string of the molecule is CC[C@H](CO)NC(C)c1ccc(C)cc1O. The maximum atomic E-state index is 9.82. The molecule has 0 heterocycles. The molecule has 0 aliphatic heterocycles. The summed E-state index contributed by atoms with van der Waals surface area (Å²) in [6, 6.07) is 5.78. The van der Waals surface area contributed by atoms with Crippen molar-refractivity contribution in [3.63, 3.8) is 0 Å². The van der Waals surface area contributed by atoms with Crippen molar-refractivity contribution in [3.05, 3.63) is 29.3 Å². The summed E-state index contributed by atoms with van der Waals surface area (Å²) < 4.78 is 0. The Morgan fingerprint density at radius 2 is 2.06 bits per heavy atom. The third-order valence-corrected chi connectivity index (χ3v) is 2.85. The fourth-order valence-electron chi connectivity index (χ4n) is 1.76. The van der Waals surface area contributed by atoms with E-state index >= 15 is 0 Å². The number of phenolic OH excluding ortho intramolecular Hbond substituents is 1. The Morgan fingerprint density at radius 1 is 1.38 bits per heavy atom. The number of benzene rings is 1. The molecule has 0 aliphatic carbocycles. The lowest BCUT2D eigenvalue weighted by Crippen LogP contribution is -2.33. The standard InChI is InChI=1S/C13H21NO2/c1-4-11(8-15)14-10(3)12-6-5-9(2)7-13(12)16/h5-7,10-11,14-16H,4,8H2,1-3H3/t10?,11-/m1/s1. The largest absolute Gasteiger partial charge is 0.508 e. The van der Waals surface area contributed by atoms with E-state index in [9.17, 15) is 5.11 Å². The molecule has 1 aromatic carbocycles. The molecule has 3 N–H and O–H groups in total. The molecule has 0 saturated heterocycles. The van der Waals surface area contributed by atoms with Gasteiger partial charge in [0.25, 0.3) is 0 Å². The van der Waals surface area contributed by atoms with Crippen molar-refractivity contribution in [2.24, 2.45) is 0 Å². The van der Waals surface area contributed by atoms with Crippen LogP contribution in [-0.2, 0) is 0 Å². The third-order valence-electron chi connectivity index (χ3n) is 2.85. The lowest BCUT2D eigenvalue weighted by Gasteiger charge is -2.21. The maximum Gasteiger partial charge on any atom is 0.120 e. The second-order valence-electron chi connectivity index (χ2n) is 4.24. The van der Waals surface area contributed by atoms with E-state index in [2.05, 4.69) is 5.32 Å². The molecule has 0 spiro atoms. The van der Waals surface area contributed by atoms with Gasteiger partial charge in [0, 0.05) is 17.6 Å². The second kappa shape index (κ2) is 5.87. The van der Waals surface area contributed by atoms with Crippen LogP contribution in [0.15, 0.2) is 18.2 Å². The highest BCUT2D eigenvalue weighted by atomic mass is 16.3. The van der Waals surface area contributed by atoms with E-state index in [4.69, 9.17) is 5.11 Å². The Morgan fingerprint density at radius 3 is 2.56 bits per heavy atom. The van der Waals surface area contributed by atoms with Crippen molar-refractivity contribution in [1.82, 2.24) is 5.32 Å². The molecule has 0 radical (unpaired) electrons. The molecular weight excluding hydrogens is 202 g/mol. The quantitative estimate of drug-likeness (QED) is 0.716. The van der Waals surface area contributed by atoms with E-state index in [0.29, 0.717) is 5.75 Å². The molecule has 0 bridgehead atoms. The zero-order chi connectivity index (χ0) is 12.1. The lowest BCUT2D eigenvalue weighted by molar-refractivity contribution is 0.229. The van der Waals surface area contributed by atoms with E-state index in [-0.39, 0.29) is 18.7 Å². The summed E-state index contributed by atoms with van der Waals surface area (Å²) in [7, 11) is 0. The zero-order valence-electron chi connectivity index (χ0n) is 10.2. The average Bonchev–Trinajstić information content (AvgIpc) is 2.25. The molecule has 90 valence electrons. The Labute approximate surface area is 97.1 Å². The van der Waals surface area contributed by atoms with Crippen LogP contribution < -0.4 is 5.32 Å². The lowest BCUT2D eigenvalue weighted by atomic mass is 10.0. The number of aryl methyl sites for hydroxylation is 1. The minimum atomic E-state index is 0.0395. The zero-order valence-corrected chi connectivity index (χ0v) is 10.2. The molecule has 16 heavy (non-hydrogen) atoms. The highest BCUT2D eigenvalue weighted by Gasteiger charge is 2.13. The minimum Gasteiger partial charge on any atom is -0.508 e. The van der Waals surface area contributed by atoms with E-state index in [0.717, 1.165) is 17.5 Å². The van der Waals surface area contributed by atoms with Gasteiger partial charge in [0.15, 0.2) is 0 Å². The molecule has 1 unspecified atom stereocenters. The molecule has 0 fully saturated rings. The number of aliphatic hydroxyl groups excluding tert-OH is 1. The normalized spacial score (nSPS) is 14.8. The van der Waals surface area contributed by atoms with Crippen LogP contribution in [0, 0.1) is 6.92 Å². The van der Waals surface area contributed by atoms with Crippen LogP contribution in [0.5, 0.6) is 5.75 Å². The molecule has 0 aliphatic rings. The van der Waals surface area contributed by atoms with Gasteiger partial charge in [-0.15, -0.1) is 0 Å². The predicted molar refractivity (Wildman–Crippen MR) is 65.6 cm³/mol. The first-order valence-corrected chi connectivity index (χ1v) is 5.74. The number of aliphatic hydroxyl groups is 1. The van der Waals surface area contributed by atoms with Crippen LogP contribution in [-0.4, -0.2) is 22.9 Å². The molecule has 0 aromatic heterocycles. The van der Waals surface area contributed by atoms with Crippen LogP contribution in [0.2, 0.25) is 0 Å². The van der Waals surface area contributed by atoms with Crippen molar-refractivity contribution in [2.45, 2.75) is 39.3 Å². The predicted octanol–water partition coefficient (Wildman–Crippen LogP) is 2.12. The van der Waals surface area contributed by atoms with Crippen LogP contribution >= 0.6 is 0 Å². The number of nitrogens with one attached hydrogen (secondary N) is 1. The van der Waals surface area contributed by atoms with Gasteiger partial charge in [-0.1, -0.05) is 19.1 Å². The van der Waals surface area contributed by atoms with Crippen molar-refractivity contribution in [2.75, 3.05) is 6.61 Å². The molecule has 3 heteroatoms. The van der Waals surface area contributed by atoms with Crippen LogP contribution in [0.1, 0.15) is 37.4 Å². The van der Waals surface area contributed by atoms with Crippen LogP contribution in [0.3, 0.4) is 0 Å². The molecule has 0 amide bonds. The van der Waals surface area contributed by atoms with E-state index in [1.165, 1.54) is 0 Å². The number of rotatable bonds is 5. The number of aromatic hydroxyl groups is 1. The Bertz CT molecular complexity index is 335. The van der Waals surface area contributed by atoms with Gasteiger partial charge in [-0.2, -0.15) is 0 Å². The maximum absolute atomic E-state index is 9.82. The highest BCUT2D eigenvalue weighted by molar-refractivity contribution is 5.37. The highest BCUT2D eigenvalue weighted by Crippen LogP contribution is 2.25. The minimum absolute atomic E-state index is 0.0395. The number of hydrogen-bond donors (Lipinski definition) is 3. The third kappa shape index (κ3) is 3.22. The Kier molecular flexibility index (Phi) is 4.77. The first-order valence-electron chi connectivity index (χ1n) is 5.74. The Balaban J connectivity index is 2.76. The van der Waals surface area contributed by atoms with Gasteiger partial charge in [-0.25, -0.2) is 0 Å². The molecule has 3 nitrogen and oxygen atoms in total. The van der Waals surface area contributed by atoms with Crippen molar-refractivity contribution in [1.29, 1.82) is 0 Å².